The molecule has 3 rings (SSSR count). The normalized spacial score (nSPS) is 23.6. The van der Waals surface area contributed by atoms with Gasteiger partial charge < -0.3 is 0 Å². The number of rotatable bonds is 6. The predicted octanol–water partition coefficient (Wildman–Crippen LogP) is 7.31. The second-order valence-electron chi connectivity index (χ2n) is 8.11. The molecule has 2 aromatic rings. The summed E-state index contributed by atoms with van der Waals surface area (Å²) >= 11 is 0. The molecule has 0 bridgehead atoms. The zero-order valence-electron chi connectivity index (χ0n) is 16.3. The van der Waals surface area contributed by atoms with E-state index in [-0.39, 0.29) is 0 Å². The number of hydrogen-bond acceptors (Lipinski definition) is 0. The van der Waals surface area contributed by atoms with E-state index < -0.39 is 0 Å². The van der Waals surface area contributed by atoms with Gasteiger partial charge >= 0.3 is 0 Å². The maximum absolute atomic E-state index is 2.48. The molecule has 2 aromatic carbocycles. The summed E-state index contributed by atoms with van der Waals surface area (Å²) in [5.41, 5.74) is 5.57. The molecule has 0 spiro atoms. The maximum atomic E-state index is 2.48. The van der Waals surface area contributed by atoms with Crippen LogP contribution in [0.25, 0.3) is 11.1 Å². The Hall–Kier alpha value is -1.56. The molecule has 3 atom stereocenters. The Bertz CT molecular complexity index is 635. The molecule has 0 saturated heterocycles. The van der Waals surface area contributed by atoms with Crippen LogP contribution in [0.3, 0.4) is 0 Å². The van der Waals surface area contributed by atoms with Crippen molar-refractivity contribution >= 4 is 0 Å². The van der Waals surface area contributed by atoms with Crippen LogP contribution in [0.15, 0.2) is 48.5 Å². The third kappa shape index (κ3) is 4.75. The van der Waals surface area contributed by atoms with Crippen LogP contribution >= 0.6 is 0 Å². The molecule has 0 radical (unpaired) electrons. The van der Waals surface area contributed by atoms with Crippen molar-refractivity contribution in [2.24, 2.45) is 17.8 Å². The summed E-state index contributed by atoms with van der Waals surface area (Å²) in [5, 5.41) is 0. The third-order valence-corrected chi connectivity index (χ3v) is 6.49. The number of aryl methyl sites for hydroxylation is 2. The van der Waals surface area contributed by atoms with Gasteiger partial charge in [-0.3, -0.25) is 0 Å². The summed E-state index contributed by atoms with van der Waals surface area (Å²) in [6.07, 6.45) is 9.44. The van der Waals surface area contributed by atoms with E-state index in [0.29, 0.717) is 0 Å². The molecular weight excluding hydrogens is 300 g/mol. The van der Waals surface area contributed by atoms with Gasteiger partial charge in [0, 0.05) is 0 Å². The molecule has 0 amide bonds. The standard InChI is InChI=1S/C25H34/c1-4-20-6-14-24(15-7-20)25-16-10-22(11-17-25)9-13-23-12-8-21(5-2)18-19(23)3/h6-7,10-11,14-17,19,21,23H,4-5,8-9,12-13,18H2,1-3H3. The van der Waals surface area contributed by atoms with Crippen LogP contribution in [-0.4, -0.2) is 0 Å². The fourth-order valence-electron chi connectivity index (χ4n) is 4.52. The zero-order valence-corrected chi connectivity index (χ0v) is 16.3. The first-order chi connectivity index (χ1) is 12.2. The van der Waals surface area contributed by atoms with Gasteiger partial charge in [-0.15, -0.1) is 0 Å². The van der Waals surface area contributed by atoms with Crippen molar-refractivity contribution in [3.8, 4) is 11.1 Å². The topological polar surface area (TPSA) is 0 Å². The molecule has 1 aliphatic rings. The average molecular weight is 335 g/mol. The summed E-state index contributed by atoms with van der Waals surface area (Å²) in [7, 11) is 0. The van der Waals surface area contributed by atoms with Crippen LogP contribution in [-0.2, 0) is 12.8 Å². The lowest BCUT2D eigenvalue weighted by molar-refractivity contribution is 0.181. The first-order valence-corrected chi connectivity index (χ1v) is 10.4. The average Bonchev–Trinajstić information content (AvgIpc) is 2.67. The van der Waals surface area contributed by atoms with E-state index in [2.05, 4.69) is 69.3 Å². The molecule has 134 valence electrons. The minimum Gasteiger partial charge on any atom is -0.0651 e. The van der Waals surface area contributed by atoms with E-state index in [1.807, 2.05) is 0 Å². The van der Waals surface area contributed by atoms with E-state index in [4.69, 9.17) is 0 Å². The molecule has 0 heteroatoms. The summed E-state index contributed by atoms with van der Waals surface area (Å²) in [6.45, 7) is 7.05. The molecule has 0 nitrogen and oxygen atoms in total. The lowest BCUT2D eigenvalue weighted by Gasteiger charge is -2.34. The van der Waals surface area contributed by atoms with Crippen LogP contribution in [0.5, 0.6) is 0 Å². The van der Waals surface area contributed by atoms with Crippen LogP contribution in [0, 0.1) is 17.8 Å². The van der Waals surface area contributed by atoms with Crippen LogP contribution in [0.2, 0.25) is 0 Å². The van der Waals surface area contributed by atoms with E-state index in [1.165, 1.54) is 60.8 Å². The molecule has 0 N–H and O–H groups in total. The van der Waals surface area contributed by atoms with Crippen LogP contribution in [0.1, 0.15) is 64.0 Å². The fraction of sp³-hybridized carbons (Fsp3) is 0.520. The largest absolute Gasteiger partial charge is 0.0651 e. The Morgan fingerprint density at radius 2 is 1.40 bits per heavy atom. The van der Waals surface area contributed by atoms with Crippen molar-refractivity contribution in [2.75, 3.05) is 0 Å². The SMILES string of the molecule is CCc1ccc(-c2ccc(CCC3CCC(CC)CC3C)cc2)cc1. The minimum atomic E-state index is 0.912. The zero-order chi connectivity index (χ0) is 17.6. The number of benzene rings is 2. The van der Waals surface area contributed by atoms with Gasteiger partial charge in [-0.2, -0.15) is 0 Å². The Labute approximate surface area is 154 Å². The van der Waals surface area contributed by atoms with Crippen molar-refractivity contribution in [1.82, 2.24) is 0 Å². The molecule has 0 aliphatic heterocycles. The van der Waals surface area contributed by atoms with Gasteiger partial charge in [-0.25, -0.2) is 0 Å². The Kier molecular flexibility index (Phi) is 6.34. The highest BCUT2D eigenvalue weighted by Crippen LogP contribution is 2.37. The molecule has 0 aromatic heterocycles. The summed E-state index contributed by atoms with van der Waals surface area (Å²) in [4.78, 5) is 0. The van der Waals surface area contributed by atoms with Gasteiger partial charge in [0.25, 0.3) is 0 Å². The van der Waals surface area contributed by atoms with Gasteiger partial charge in [-0.05, 0) is 72.1 Å². The Morgan fingerprint density at radius 3 is 1.92 bits per heavy atom. The van der Waals surface area contributed by atoms with Gasteiger partial charge in [0.1, 0.15) is 0 Å². The van der Waals surface area contributed by atoms with Crippen molar-refractivity contribution in [1.29, 1.82) is 0 Å². The predicted molar refractivity (Wildman–Crippen MR) is 110 cm³/mol. The lowest BCUT2D eigenvalue weighted by Crippen LogP contribution is -2.23. The molecular formula is C25H34. The molecule has 3 unspecified atom stereocenters. The van der Waals surface area contributed by atoms with E-state index in [0.717, 1.165) is 24.2 Å². The summed E-state index contributed by atoms with van der Waals surface area (Å²) in [5.74, 6) is 2.84. The highest BCUT2D eigenvalue weighted by Gasteiger charge is 2.26. The summed E-state index contributed by atoms with van der Waals surface area (Å²) < 4.78 is 0. The number of hydrogen-bond donors (Lipinski definition) is 0. The monoisotopic (exact) mass is 334 g/mol. The quantitative estimate of drug-likeness (QED) is 0.519. The smallest absolute Gasteiger partial charge is 0.0184 e. The summed E-state index contributed by atoms with van der Waals surface area (Å²) in [6, 6.07) is 18.3. The highest BCUT2D eigenvalue weighted by molar-refractivity contribution is 5.63. The van der Waals surface area contributed by atoms with E-state index >= 15 is 0 Å². The molecule has 25 heavy (non-hydrogen) atoms. The molecule has 1 aliphatic carbocycles. The van der Waals surface area contributed by atoms with E-state index in [1.54, 1.807) is 0 Å². The molecule has 0 heterocycles. The minimum absolute atomic E-state index is 0.912. The lowest BCUT2D eigenvalue weighted by atomic mass is 9.72. The van der Waals surface area contributed by atoms with Gasteiger partial charge in [0.15, 0.2) is 0 Å². The fourth-order valence-corrected chi connectivity index (χ4v) is 4.52. The van der Waals surface area contributed by atoms with Crippen molar-refractivity contribution in [2.45, 2.75) is 65.7 Å². The van der Waals surface area contributed by atoms with Crippen molar-refractivity contribution in [3.63, 3.8) is 0 Å². The van der Waals surface area contributed by atoms with Gasteiger partial charge in [0.05, 0.1) is 0 Å². The van der Waals surface area contributed by atoms with Crippen molar-refractivity contribution in [3.05, 3.63) is 59.7 Å². The van der Waals surface area contributed by atoms with Crippen LogP contribution < -0.4 is 0 Å². The highest BCUT2D eigenvalue weighted by atomic mass is 14.3. The van der Waals surface area contributed by atoms with E-state index in [9.17, 15) is 0 Å². The molecule has 1 fully saturated rings. The van der Waals surface area contributed by atoms with Gasteiger partial charge in [0.2, 0.25) is 0 Å². The third-order valence-electron chi connectivity index (χ3n) is 6.49. The van der Waals surface area contributed by atoms with Crippen molar-refractivity contribution < 1.29 is 0 Å². The second-order valence-corrected chi connectivity index (χ2v) is 8.11. The second kappa shape index (κ2) is 8.70. The van der Waals surface area contributed by atoms with Crippen LogP contribution in [0.4, 0.5) is 0 Å². The molecule has 1 saturated carbocycles. The Balaban J connectivity index is 1.55. The maximum Gasteiger partial charge on any atom is -0.0184 e. The first-order valence-electron chi connectivity index (χ1n) is 10.4. The Morgan fingerprint density at radius 1 is 0.800 bits per heavy atom. The first kappa shape index (κ1) is 18.2. The van der Waals surface area contributed by atoms with Gasteiger partial charge in [-0.1, -0.05) is 82.1 Å².